The summed E-state index contributed by atoms with van der Waals surface area (Å²) in [6, 6.07) is 0. The van der Waals surface area contributed by atoms with E-state index in [4.69, 9.17) is 18.9 Å². The number of hydrogen-bond donors (Lipinski definition) is 0. The summed E-state index contributed by atoms with van der Waals surface area (Å²) in [5, 5.41) is 0.827. The van der Waals surface area contributed by atoms with Crippen molar-refractivity contribution in [1.82, 2.24) is 0 Å². The van der Waals surface area contributed by atoms with Crippen LogP contribution in [0.5, 0.6) is 0 Å². The molecule has 0 aliphatic rings. The van der Waals surface area contributed by atoms with Crippen LogP contribution < -0.4 is 0 Å². The minimum Gasteiger partial charge on any atom is -0.379 e. The van der Waals surface area contributed by atoms with Gasteiger partial charge < -0.3 is 18.9 Å². The summed E-state index contributed by atoms with van der Waals surface area (Å²) in [4.78, 5) is 0. The third-order valence-electron chi connectivity index (χ3n) is 5.54. The fourth-order valence-corrected chi connectivity index (χ4v) is 3.93. The van der Waals surface area contributed by atoms with Crippen molar-refractivity contribution in [2.45, 2.75) is 123 Å². The van der Waals surface area contributed by atoms with Gasteiger partial charge >= 0.3 is 0 Å². The maximum Gasteiger partial charge on any atom is 0.146 e. The Labute approximate surface area is 202 Å². The van der Waals surface area contributed by atoms with Gasteiger partial charge in [0.2, 0.25) is 0 Å². The lowest BCUT2D eigenvalue weighted by atomic mass is 10.0. The molecule has 0 amide bonds. The Bertz CT molecular complexity index is 318. The van der Waals surface area contributed by atoms with Gasteiger partial charge in [-0.1, -0.05) is 119 Å². The average molecular weight is 510 g/mol. The molecule has 0 radical (unpaired) electrons. The van der Waals surface area contributed by atoms with Crippen LogP contribution in [0, 0.1) is 0 Å². The Morgan fingerprint density at radius 1 is 0.548 bits per heavy atom. The molecule has 0 aliphatic heterocycles. The molecule has 1 atom stereocenters. The number of rotatable bonds is 27. The number of halogens is 1. The SMILES string of the molecule is CCCCCCCCCCCCCCCCCCOCC(COCOCCBr)OCC. The molecular formula is C26H53BrO4. The number of unbranched alkanes of at least 4 members (excludes halogenated alkanes) is 15. The van der Waals surface area contributed by atoms with E-state index in [-0.39, 0.29) is 6.10 Å². The molecule has 0 saturated carbocycles. The van der Waals surface area contributed by atoms with E-state index < -0.39 is 0 Å². The highest BCUT2D eigenvalue weighted by Gasteiger charge is 2.09. The van der Waals surface area contributed by atoms with Gasteiger partial charge in [0.25, 0.3) is 0 Å². The number of alkyl halides is 1. The second kappa shape index (κ2) is 28.4. The summed E-state index contributed by atoms with van der Waals surface area (Å²) < 4.78 is 22.2. The first kappa shape index (κ1) is 31.3. The summed E-state index contributed by atoms with van der Waals surface area (Å²) in [5.41, 5.74) is 0. The van der Waals surface area contributed by atoms with E-state index in [9.17, 15) is 0 Å². The van der Waals surface area contributed by atoms with Gasteiger partial charge in [-0.05, 0) is 13.3 Å². The Morgan fingerprint density at radius 2 is 1.03 bits per heavy atom. The lowest BCUT2D eigenvalue weighted by Crippen LogP contribution is -2.26. The van der Waals surface area contributed by atoms with Crippen LogP contribution in [0.3, 0.4) is 0 Å². The highest BCUT2D eigenvalue weighted by molar-refractivity contribution is 9.09. The van der Waals surface area contributed by atoms with Crippen LogP contribution in [0.15, 0.2) is 0 Å². The summed E-state index contributed by atoms with van der Waals surface area (Å²) in [7, 11) is 0. The van der Waals surface area contributed by atoms with Crippen LogP contribution in [0.4, 0.5) is 0 Å². The van der Waals surface area contributed by atoms with Crippen molar-refractivity contribution >= 4 is 15.9 Å². The molecule has 1 unspecified atom stereocenters. The van der Waals surface area contributed by atoms with Gasteiger partial charge in [-0.15, -0.1) is 0 Å². The second-order valence-electron chi connectivity index (χ2n) is 8.54. The first-order valence-electron chi connectivity index (χ1n) is 13.3. The molecule has 0 fully saturated rings. The molecule has 0 aromatic rings. The van der Waals surface area contributed by atoms with E-state index in [1.54, 1.807) is 0 Å². The van der Waals surface area contributed by atoms with E-state index in [0.29, 0.717) is 33.2 Å². The Morgan fingerprint density at radius 3 is 1.52 bits per heavy atom. The molecule has 0 heterocycles. The predicted molar refractivity (Wildman–Crippen MR) is 136 cm³/mol. The Kier molecular flexibility index (Phi) is 28.6. The molecule has 0 N–H and O–H groups in total. The zero-order chi connectivity index (χ0) is 22.7. The van der Waals surface area contributed by atoms with E-state index in [1.165, 1.54) is 96.3 Å². The molecule has 0 aliphatic carbocycles. The Balaban J connectivity index is 3.26. The number of hydrogen-bond acceptors (Lipinski definition) is 4. The fraction of sp³-hybridized carbons (Fsp3) is 1.00. The lowest BCUT2D eigenvalue weighted by Gasteiger charge is -2.17. The topological polar surface area (TPSA) is 36.9 Å². The van der Waals surface area contributed by atoms with E-state index in [2.05, 4.69) is 22.9 Å². The second-order valence-corrected chi connectivity index (χ2v) is 9.33. The summed E-state index contributed by atoms with van der Waals surface area (Å²) >= 11 is 3.32. The van der Waals surface area contributed by atoms with Crippen LogP contribution >= 0.6 is 15.9 Å². The van der Waals surface area contributed by atoms with Gasteiger partial charge in [0.1, 0.15) is 12.9 Å². The minimum atomic E-state index is -0.00127. The molecule has 0 aromatic carbocycles. The van der Waals surface area contributed by atoms with Crippen LogP contribution in [0.25, 0.3) is 0 Å². The van der Waals surface area contributed by atoms with Gasteiger partial charge in [-0.3, -0.25) is 0 Å². The van der Waals surface area contributed by atoms with E-state index in [1.807, 2.05) is 6.92 Å². The first-order valence-corrected chi connectivity index (χ1v) is 14.4. The van der Waals surface area contributed by atoms with Crippen LogP contribution in [-0.2, 0) is 18.9 Å². The van der Waals surface area contributed by atoms with Gasteiger partial charge in [0, 0.05) is 18.5 Å². The van der Waals surface area contributed by atoms with E-state index in [0.717, 1.165) is 18.4 Å². The van der Waals surface area contributed by atoms with Crippen LogP contribution in [0.1, 0.15) is 117 Å². The number of ether oxygens (including phenoxy) is 4. The van der Waals surface area contributed by atoms with Crippen LogP contribution in [-0.4, -0.2) is 51.3 Å². The van der Waals surface area contributed by atoms with Crippen molar-refractivity contribution in [2.24, 2.45) is 0 Å². The largest absolute Gasteiger partial charge is 0.379 e. The highest BCUT2D eigenvalue weighted by Crippen LogP contribution is 2.13. The minimum absolute atomic E-state index is 0.00127. The van der Waals surface area contributed by atoms with Gasteiger partial charge in [-0.2, -0.15) is 0 Å². The highest BCUT2D eigenvalue weighted by atomic mass is 79.9. The third-order valence-corrected chi connectivity index (χ3v) is 5.86. The fourth-order valence-electron chi connectivity index (χ4n) is 3.70. The monoisotopic (exact) mass is 508 g/mol. The molecule has 5 heteroatoms. The smallest absolute Gasteiger partial charge is 0.146 e. The normalized spacial score (nSPS) is 12.5. The van der Waals surface area contributed by atoms with Crippen molar-refractivity contribution in [3.63, 3.8) is 0 Å². The molecule has 0 saturated heterocycles. The molecule has 0 spiro atoms. The first-order chi connectivity index (χ1) is 15.3. The molecule has 188 valence electrons. The lowest BCUT2D eigenvalue weighted by molar-refractivity contribution is -0.105. The van der Waals surface area contributed by atoms with Crippen molar-refractivity contribution in [3.8, 4) is 0 Å². The van der Waals surface area contributed by atoms with Gasteiger partial charge in [0.15, 0.2) is 0 Å². The van der Waals surface area contributed by atoms with Gasteiger partial charge in [-0.25, -0.2) is 0 Å². The summed E-state index contributed by atoms with van der Waals surface area (Å²) in [5.74, 6) is 0. The standard InChI is InChI=1S/C26H53BrO4/c1-3-5-6-7-8-9-10-11-12-13-14-15-16-17-18-19-21-28-23-26(31-4-2)24-30-25-29-22-20-27/h26H,3-25H2,1-2H3. The molecule has 0 aromatic heterocycles. The molecule has 4 nitrogen and oxygen atoms in total. The van der Waals surface area contributed by atoms with E-state index >= 15 is 0 Å². The molecule has 0 rings (SSSR count). The maximum atomic E-state index is 5.79. The summed E-state index contributed by atoms with van der Waals surface area (Å²) in [6.07, 6.45) is 22.3. The van der Waals surface area contributed by atoms with Crippen LogP contribution in [0.2, 0.25) is 0 Å². The van der Waals surface area contributed by atoms with Crippen molar-refractivity contribution in [1.29, 1.82) is 0 Å². The Hall–Kier alpha value is 0.320. The maximum absolute atomic E-state index is 5.79. The zero-order valence-corrected chi connectivity index (χ0v) is 22.4. The molecule has 31 heavy (non-hydrogen) atoms. The predicted octanol–water partition coefficient (Wildman–Crippen LogP) is 8.06. The zero-order valence-electron chi connectivity index (χ0n) is 20.9. The van der Waals surface area contributed by atoms with Crippen molar-refractivity contribution in [2.75, 3.05) is 45.2 Å². The van der Waals surface area contributed by atoms with Crippen molar-refractivity contribution in [3.05, 3.63) is 0 Å². The molecular weight excluding hydrogens is 456 g/mol. The van der Waals surface area contributed by atoms with Gasteiger partial charge in [0.05, 0.1) is 19.8 Å². The average Bonchev–Trinajstić information content (AvgIpc) is 2.78. The van der Waals surface area contributed by atoms with Crippen molar-refractivity contribution < 1.29 is 18.9 Å². The quantitative estimate of drug-likeness (QED) is 0.0638. The molecule has 0 bridgehead atoms. The summed E-state index contributed by atoms with van der Waals surface area (Å²) in [6.45, 7) is 7.89. The third kappa shape index (κ3) is 26.5.